The van der Waals surface area contributed by atoms with E-state index >= 15 is 0 Å². The predicted octanol–water partition coefficient (Wildman–Crippen LogP) is 2.52. The number of guanidine groups is 1. The molecule has 1 N–H and O–H groups in total. The fraction of sp³-hybridized carbons (Fsp3) is 0.571. The number of aryl methyl sites for hydroxylation is 3. The molecule has 166 valence electrons. The van der Waals surface area contributed by atoms with Gasteiger partial charge in [0.2, 0.25) is 0 Å². The minimum absolute atomic E-state index is 0. The first-order valence-electron chi connectivity index (χ1n) is 10.1. The molecular weight excluding hydrogens is 495 g/mol. The normalized spacial score (nSPS) is 17.0. The van der Waals surface area contributed by atoms with Crippen LogP contribution in [0.4, 0.5) is 0 Å². The monoisotopic (exact) mass is 528 g/mol. The van der Waals surface area contributed by atoms with Crippen LogP contribution in [0.2, 0.25) is 0 Å². The lowest BCUT2D eigenvalue weighted by atomic mass is 10.00. The molecule has 1 aliphatic rings. The lowest BCUT2D eigenvalue weighted by Gasteiger charge is -2.36. The molecule has 1 saturated heterocycles. The number of halogens is 1. The van der Waals surface area contributed by atoms with Crippen molar-refractivity contribution in [2.24, 2.45) is 12.0 Å². The maximum Gasteiger partial charge on any atom is 0.194 e. The van der Waals surface area contributed by atoms with Gasteiger partial charge < -0.3 is 24.3 Å². The number of morpholine rings is 1. The molecule has 0 aliphatic carbocycles. The Morgan fingerprint density at radius 3 is 2.77 bits per heavy atom. The van der Waals surface area contributed by atoms with E-state index in [4.69, 9.17) is 14.5 Å². The zero-order valence-electron chi connectivity index (χ0n) is 18.5. The first-order chi connectivity index (χ1) is 14.0. The van der Waals surface area contributed by atoms with E-state index in [1.165, 1.54) is 16.7 Å². The van der Waals surface area contributed by atoms with E-state index in [1.807, 2.05) is 18.5 Å². The highest BCUT2D eigenvalue weighted by atomic mass is 127. The molecule has 1 atom stereocenters. The van der Waals surface area contributed by atoms with Gasteiger partial charge in [0, 0.05) is 27.2 Å². The molecule has 1 aromatic heterocycles. The number of hydrogen-bond donors (Lipinski definition) is 1. The zero-order chi connectivity index (χ0) is 20.8. The molecule has 2 aromatic rings. The van der Waals surface area contributed by atoms with Gasteiger partial charge in [-0.2, -0.15) is 0 Å². The second-order valence-electron chi connectivity index (χ2n) is 7.45. The molecule has 0 radical (unpaired) electrons. The Kier molecular flexibility index (Phi) is 9.50. The Morgan fingerprint density at radius 1 is 1.30 bits per heavy atom. The van der Waals surface area contributed by atoms with Gasteiger partial charge >= 0.3 is 0 Å². The summed E-state index contributed by atoms with van der Waals surface area (Å²) in [6, 6.07) is 6.53. The van der Waals surface area contributed by atoms with Crippen molar-refractivity contribution in [3.63, 3.8) is 0 Å². The molecule has 3 rings (SSSR count). The lowest BCUT2D eigenvalue weighted by Crippen LogP contribution is -2.49. The summed E-state index contributed by atoms with van der Waals surface area (Å²) in [5, 5.41) is 11.8. The van der Waals surface area contributed by atoms with Crippen molar-refractivity contribution in [2.45, 2.75) is 33.4 Å². The maximum absolute atomic E-state index is 6.10. The smallest absolute Gasteiger partial charge is 0.194 e. The second kappa shape index (κ2) is 11.6. The van der Waals surface area contributed by atoms with Gasteiger partial charge in [0.15, 0.2) is 11.8 Å². The van der Waals surface area contributed by atoms with Crippen LogP contribution in [0.15, 0.2) is 23.2 Å². The number of nitrogens with one attached hydrogen (secondary N) is 1. The number of benzene rings is 1. The lowest BCUT2D eigenvalue weighted by molar-refractivity contribution is -0.00846. The molecule has 0 bridgehead atoms. The van der Waals surface area contributed by atoms with E-state index in [0.717, 1.165) is 30.7 Å². The highest BCUT2D eigenvalue weighted by Crippen LogP contribution is 2.26. The second-order valence-corrected chi connectivity index (χ2v) is 7.45. The first kappa shape index (κ1) is 24.5. The maximum atomic E-state index is 6.10. The summed E-state index contributed by atoms with van der Waals surface area (Å²) in [5.74, 6) is 2.57. The van der Waals surface area contributed by atoms with Crippen LogP contribution in [-0.2, 0) is 23.1 Å². The molecule has 8 nitrogen and oxygen atoms in total. The van der Waals surface area contributed by atoms with Gasteiger partial charge in [-0.1, -0.05) is 23.8 Å². The van der Waals surface area contributed by atoms with Crippen molar-refractivity contribution in [1.29, 1.82) is 0 Å². The van der Waals surface area contributed by atoms with E-state index < -0.39 is 0 Å². The van der Waals surface area contributed by atoms with Crippen molar-refractivity contribution < 1.29 is 9.47 Å². The summed E-state index contributed by atoms with van der Waals surface area (Å²) in [4.78, 5) is 7.08. The third kappa shape index (κ3) is 6.14. The minimum atomic E-state index is 0. The zero-order valence-corrected chi connectivity index (χ0v) is 20.8. The molecular formula is C21H33IN6O2. The van der Waals surface area contributed by atoms with Crippen LogP contribution >= 0.6 is 24.0 Å². The molecule has 0 spiro atoms. The molecule has 1 aromatic carbocycles. The number of aromatic nitrogens is 3. The fourth-order valence-corrected chi connectivity index (χ4v) is 3.48. The van der Waals surface area contributed by atoms with Crippen molar-refractivity contribution in [2.75, 3.05) is 40.0 Å². The van der Waals surface area contributed by atoms with E-state index in [2.05, 4.69) is 52.5 Å². The summed E-state index contributed by atoms with van der Waals surface area (Å²) in [6.45, 7) is 10.2. The largest absolute Gasteiger partial charge is 0.383 e. The van der Waals surface area contributed by atoms with Crippen LogP contribution in [0.1, 0.15) is 34.4 Å². The summed E-state index contributed by atoms with van der Waals surface area (Å²) in [7, 11) is 3.66. The molecule has 1 unspecified atom stereocenters. The number of rotatable bonds is 6. The van der Waals surface area contributed by atoms with Crippen LogP contribution in [-0.4, -0.2) is 65.6 Å². The standard InChI is InChI=1S/C21H32N6O2.HI/c1-15-6-7-18(16(2)12-15)19-14-27(9-11-29-19)21(22-8-10-28-5)23-13-20-25-24-17(3)26(20)4;/h6-7,12,19H,8-11,13-14H2,1-5H3,(H,22,23);1H. The van der Waals surface area contributed by atoms with Gasteiger partial charge in [0.1, 0.15) is 18.5 Å². The van der Waals surface area contributed by atoms with Gasteiger partial charge in [0.25, 0.3) is 0 Å². The van der Waals surface area contributed by atoms with Gasteiger partial charge in [-0.05, 0) is 31.9 Å². The molecule has 0 saturated carbocycles. The molecule has 30 heavy (non-hydrogen) atoms. The number of hydrogen-bond acceptors (Lipinski definition) is 5. The van der Waals surface area contributed by atoms with Crippen molar-refractivity contribution in [3.8, 4) is 0 Å². The molecule has 1 aliphatic heterocycles. The van der Waals surface area contributed by atoms with Crippen LogP contribution in [0.3, 0.4) is 0 Å². The molecule has 2 heterocycles. The first-order valence-corrected chi connectivity index (χ1v) is 10.1. The highest BCUT2D eigenvalue weighted by Gasteiger charge is 2.25. The Morgan fingerprint density at radius 2 is 2.10 bits per heavy atom. The Labute approximate surface area is 196 Å². The SMILES string of the molecule is COCCNC(=NCc1nnc(C)n1C)N1CCOC(c2ccc(C)cc2C)C1.I. The van der Waals surface area contributed by atoms with Crippen molar-refractivity contribution >= 4 is 29.9 Å². The molecule has 0 amide bonds. The molecule has 1 fully saturated rings. The minimum Gasteiger partial charge on any atom is -0.383 e. The van der Waals surface area contributed by atoms with E-state index in [9.17, 15) is 0 Å². The summed E-state index contributed by atoms with van der Waals surface area (Å²) >= 11 is 0. The summed E-state index contributed by atoms with van der Waals surface area (Å²) < 4.78 is 13.3. The quantitative estimate of drug-likeness (QED) is 0.269. The summed E-state index contributed by atoms with van der Waals surface area (Å²) in [6.07, 6.45) is 0.0239. The number of nitrogens with zero attached hydrogens (tertiary/aromatic N) is 5. The van der Waals surface area contributed by atoms with E-state index in [1.54, 1.807) is 7.11 Å². The third-order valence-electron chi connectivity index (χ3n) is 5.28. The van der Waals surface area contributed by atoms with Gasteiger partial charge in [0.05, 0.1) is 19.8 Å². The average molecular weight is 528 g/mol. The predicted molar refractivity (Wildman–Crippen MR) is 128 cm³/mol. The van der Waals surface area contributed by atoms with E-state index in [-0.39, 0.29) is 30.1 Å². The van der Waals surface area contributed by atoms with Crippen molar-refractivity contribution in [1.82, 2.24) is 25.0 Å². The number of methoxy groups -OCH3 is 1. The van der Waals surface area contributed by atoms with Crippen LogP contribution in [0.5, 0.6) is 0 Å². The Balaban J connectivity index is 0.00000320. The number of ether oxygens (including phenoxy) is 2. The van der Waals surface area contributed by atoms with Crippen LogP contribution in [0, 0.1) is 20.8 Å². The fourth-order valence-electron chi connectivity index (χ4n) is 3.48. The van der Waals surface area contributed by atoms with Gasteiger partial charge in [-0.25, -0.2) is 4.99 Å². The van der Waals surface area contributed by atoms with Gasteiger partial charge in [-0.3, -0.25) is 0 Å². The summed E-state index contributed by atoms with van der Waals surface area (Å²) in [5.41, 5.74) is 3.76. The molecule has 9 heteroatoms. The Hall–Kier alpha value is -1.72. The van der Waals surface area contributed by atoms with Crippen molar-refractivity contribution in [3.05, 3.63) is 46.5 Å². The average Bonchev–Trinajstić information content (AvgIpc) is 3.03. The topological polar surface area (TPSA) is 76.8 Å². The van der Waals surface area contributed by atoms with Crippen LogP contribution < -0.4 is 5.32 Å². The van der Waals surface area contributed by atoms with Gasteiger partial charge in [-0.15, -0.1) is 34.2 Å². The third-order valence-corrected chi connectivity index (χ3v) is 5.28. The van der Waals surface area contributed by atoms with Crippen LogP contribution in [0.25, 0.3) is 0 Å². The highest BCUT2D eigenvalue weighted by molar-refractivity contribution is 14.0. The number of aliphatic imine (C=N–C) groups is 1. The van der Waals surface area contributed by atoms with E-state index in [0.29, 0.717) is 26.3 Å². The Bertz CT molecular complexity index is 854.